The van der Waals surface area contributed by atoms with Crippen LogP contribution in [0.1, 0.15) is 13.0 Å². The molecule has 1 N–H and O–H groups in total. The Morgan fingerprint density at radius 2 is 1.87 bits per heavy atom. The molecule has 4 rings (SSSR count). The molecule has 1 aromatic heterocycles. The van der Waals surface area contributed by atoms with E-state index in [0.717, 1.165) is 17.0 Å². The van der Waals surface area contributed by atoms with E-state index in [0.29, 0.717) is 22.3 Å². The second-order valence-electron chi connectivity index (χ2n) is 6.73. The van der Waals surface area contributed by atoms with Gasteiger partial charge in [-0.3, -0.25) is 9.48 Å². The number of fused-ring (bicyclic) bond motifs is 1. The minimum Gasteiger partial charge on any atom is -0.321 e. The van der Waals surface area contributed by atoms with Gasteiger partial charge in [0, 0.05) is 26.5 Å². The zero-order chi connectivity index (χ0) is 21.4. The summed E-state index contributed by atoms with van der Waals surface area (Å²) in [5, 5.41) is 8.51. The average molecular weight is 491 g/mol. The highest BCUT2D eigenvalue weighted by molar-refractivity contribution is 9.10. The predicted octanol–water partition coefficient (Wildman–Crippen LogP) is 6.60. The molecular formula is C22H15BrClF2N3O. The molecule has 0 aliphatic heterocycles. The van der Waals surface area contributed by atoms with E-state index in [1.807, 2.05) is 30.3 Å². The van der Waals surface area contributed by atoms with Crippen molar-refractivity contribution in [3.05, 3.63) is 81.8 Å². The van der Waals surface area contributed by atoms with Crippen LogP contribution in [-0.2, 0) is 4.79 Å². The van der Waals surface area contributed by atoms with Crippen LogP contribution in [0.3, 0.4) is 0 Å². The van der Waals surface area contributed by atoms with Crippen molar-refractivity contribution in [1.29, 1.82) is 0 Å². The molecular weight excluding hydrogens is 476 g/mol. The van der Waals surface area contributed by atoms with Gasteiger partial charge in [0.25, 0.3) is 0 Å². The smallest absolute Gasteiger partial charge is 0.249 e. The van der Waals surface area contributed by atoms with Crippen LogP contribution in [0.5, 0.6) is 0 Å². The largest absolute Gasteiger partial charge is 0.321 e. The highest BCUT2D eigenvalue weighted by atomic mass is 79.9. The molecule has 0 saturated heterocycles. The van der Waals surface area contributed by atoms with Crippen molar-refractivity contribution in [1.82, 2.24) is 9.78 Å². The maximum Gasteiger partial charge on any atom is 0.249 e. The maximum absolute atomic E-state index is 14.1. The van der Waals surface area contributed by atoms with Gasteiger partial charge in [0.1, 0.15) is 17.6 Å². The summed E-state index contributed by atoms with van der Waals surface area (Å²) in [5.41, 5.74) is 2.14. The van der Waals surface area contributed by atoms with Crippen LogP contribution in [0.15, 0.2) is 65.1 Å². The SMILES string of the molecule is C[C@@H](C(=O)Nc1c(F)cc(F)cc1Br)n1nc(-c2ccccc2)c2cc(Cl)ccc21. The van der Waals surface area contributed by atoms with Crippen LogP contribution in [-0.4, -0.2) is 15.7 Å². The van der Waals surface area contributed by atoms with E-state index >= 15 is 0 Å². The molecule has 8 heteroatoms. The first kappa shape index (κ1) is 20.5. The third-order valence-electron chi connectivity index (χ3n) is 4.72. The highest BCUT2D eigenvalue weighted by Crippen LogP contribution is 2.33. The molecule has 30 heavy (non-hydrogen) atoms. The Balaban J connectivity index is 1.75. The van der Waals surface area contributed by atoms with Crippen LogP contribution < -0.4 is 5.32 Å². The zero-order valence-corrected chi connectivity index (χ0v) is 18.0. The quantitative estimate of drug-likeness (QED) is 0.350. The van der Waals surface area contributed by atoms with Crippen molar-refractivity contribution in [2.24, 2.45) is 0 Å². The van der Waals surface area contributed by atoms with Crippen LogP contribution in [0, 0.1) is 11.6 Å². The van der Waals surface area contributed by atoms with E-state index in [9.17, 15) is 13.6 Å². The third-order valence-corrected chi connectivity index (χ3v) is 5.58. The summed E-state index contributed by atoms with van der Waals surface area (Å²) >= 11 is 9.27. The number of nitrogens with zero attached hydrogens (tertiary/aromatic N) is 2. The van der Waals surface area contributed by atoms with Gasteiger partial charge in [0.2, 0.25) is 5.91 Å². The van der Waals surface area contributed by atoms with Gasteiger partial charge < -0.3 is 5.32 Å². The Hall–Kier alpha value is -2.77. The van der Waals surface area contributed by atoms with Crippen LogP contribution in [0.4, 0.5) is 14.5 Å². The lowest BCUT2D eigenvalue weighted by molar-refractivity contribution is -0.119. The standard InChI is InChI=1S/C22H15BrClF2N3O/c1-12(22(30)27-21-17(23)10-15(25)11-18(21)26)29-19-8-7-14(24)9-16(19)20(28-29)13-5-3-2-4-6-13/h2-12H,1H3,(H,27,30)/t12-/m0/s1. The number of amides is 1. The molecule has 0 aliphatic rings. The number of halogens is 4. The van der Waals surface area contributed by atoms with E-state index < -0.39 is 23.6 Å². The molecule has 0 spiro atoms. The number of anilines is 1. The lowest BCUT2D eigenvalue weighted by atomic mass is 10.1. The normalized spacial score (nSPS) is 12.2. The van der Waals surface area contributed by atoms with E-state index in [1.165, 1.54) is 0 Å². The summed E-state index contributed by atoms with van der Waals surface area (Å²) in [6.07, 6.45) is 0. The highest BCUT2D eigenvalue weighted by Gasteiger charge is 2.23. The molecule has 152 valence electrons. The second kappa shape index (κ2) is 8.16. The topological polar surface area (TPSA) is 46.9 Å². The molecule has 1 heterocycles. The Bertz CT molecular complexity index is 1240. The van der Waals surface area contributed by atoms with Crippen LogP contribution in [0.2, 0.25) is 5.02 Å². The fourth-order valence-electron chi connectivity index (χ4n) is 3.22. The monoisotopic (exact) mass is 489 g/mol. The van der Waals surface area contributed by atoms with Crippen molar-refractivity contribution in [2.75, 3.05) is 5.32 Å². The molecule has 1 amide bonds. The first-order valence-corrected chi connectivity index (χ1v) is 10.2. The second-order valence-corrected chi connectivity index (χ2v) is 8.02. The van der Waals surface area contributed by atoms with Gasteiger partial charge >= 0.3 is 0 Å². The number of aromatic nitrogens is 2. The molecule has 0 radical (unpaired) electrons. The van der Waals surface area contributed by atoms with Gasteiger partial charge in [-0.05, 0) is 47.1 Å². The van der Waals surface area contributed by atoms with Crippen LogP contribution >= 0.6 is 27.5 Å². The van der Waals surface area contributed by atoms with E-state index in [2.05, 4.69) is 26.3 Å². The molecule has 3 aromatic carbocycles. The third kappa shape index (κ3) is 3.82. The molecule has 0 fully saturated rings. The molecule has 0 aliphatic carbocycles. The zero-order valence-electron chi connectivity index (χ0n) is 15.7. The van der Waals surface area contributed by atoms with Crippen LogP contribution in [0.25, 0.3) is 22.2 Å². The fourth-order valence-corrected chi connectivity index (χ4v) is 3.90. The lowest BCUT2D eigenvalue weighted by Crippen LogP contribution is -2.25. The van der Waals surface area contributed by atoms with Gasteiger partial charge in [-0.15, -0.1) is 0 Å². The summed E-state index contributed by atoms with van der Waals surface area (Å²) in [7, 11) is 0. The Kier molecular flexibility index (Phi) is 5.58. The van der Waals surface area contributed by atoms with Gasteiger partial charge in [-0.2, -0.15) is 5.10 Å². The first-order chi connectivity index (χ1) is 14.3. The van der Waals surface area contributed by atoms with E-state index in [-0.39, 0.29) is 10.2 Å². The minimum absolute atomic E-state index is 0.114. The molecule has 0 saturated carbocycles. The van der Waals surface area contributed by atoms with Crippen molar-refractivity contribution < 1.29 is 13.6 Å². The van der Waals surface area contributed by atoms with Gasteiger partial charge in [0.05, 0.1) is 11.2 Å². The number of hydrogen-bond donors (Lipinski definition) is 1. The minimum atomic E-state index is -0.871. The Labute approximate surface area is 184 Å². The molecule has 0 bridgehead atoms. The summed E-state index contributed by atoms with van der Waals surface area (Å²) in [6.45, 7) is 1.65. The van der Waals surface area contributed by atoms with Gasteiger partial charge in [-0.1, -0.05) is 41.9 Å². The predicted molar refractivity (Wildman–Crippen MR) is 118 cm³/mol. The molecule has 0 unspecified atom stereocenters. The van der Waals surface area contributed by atoms with Gasteiger partial charge in [-0.25, -0.2) is 8.78 Å². The van der Waals surface area contributed by atoms with Crippen molar-refractivity contribution >= 4 is 50.0 Å². The number of rotatable bonds is 4. The number of benzene rings is 3. The van der Waals surface area contributed by atoms with Gasteiger partial charge in [0.15, 0.2) is 5.82 Å². The van der Waals surface area contributed by atoms with Crippen molar-refractivity contribution in [3.8, 4) is 11.3 Å². The summed E-state index contributed by atoms with van der Waals surface area (Å²) in [4.78, 5) is 12.9. The van der Waals surface area contributed by atoms with E-state index in [1.54, 1.807) is 29.8 Å². The Morgan fingerprint density at radius 3 is 2.57 bits per heavy atom. The Morgan fingerprint density at radius 1 is 1.13 bits per heavy atom. The fraction of sp³-hybridized carbons (Fsp3) is 0.0909. The number of carbonyl (C=O) groups is 1. The number of nitrogens with one attached hydrogen (secondary N) is 1. The number of hydrogen-bond acceptors (Lipinski definition) is 2. The van der Waals surface area contributed by atoms with Crippen molar-refractivity contribution in [3.63, 3.8) is 0 Å². The first-order valence-electron chi connectivity index (χ1n) is 9.03. The average Bonchev–Trinajstić information content (AvgIpc) is 3.09. The van der Waals surface area contributed by atoms with E-state index in [4.69, 9.17) is 11.6 Å². The maximum atomic E-state index is 14.1. The summed E-state index contributed by atoms with van der Waals surface area (Å²) < 4.78 is 29.2. The molecule has 4 aromatic rings. The van der Waals surface area contributed by atoms with Crippen molar-refractivity contribution in [2.45, 2.75) is 13.0 Å². The summed E-state index contributed by atoms with van der Waals surface area (Å²) in [6, 6.07) is 15.9. The molecule has 4 nitrogen and oxygen atoms in total. The molecule has 1 atom stereocenters. The number of carbonyl (C=O) groups excluding carboxylic acids is 1. The summed E-state index contributed by atoms with van der Waals surface area (Å²) in [5.74, 6) is -2.11. The lowest BCUT2D eigenvalue weighted by Gasteiger charge is -2.15.